The molecular weight excluding hydrogens is 324 g/mol. The molecule has 2 rings (SSSR count). The van der Waals surface area contributed by atoms with Crippen LogP contribution in [0, 0.1) is 21.7 Å². The standard InChI is InChI=1S/C12H6BrF2NO3/c13-7-4-5-8(14)11(6-7)19-10-3-1-2-9(15)12(10)16(17)18/h1-6H. The maximum Gasteiger partial charge on any atom is 0.346 e. The molecule has 0 heterocycles. The molecule has 7 heteroatoms. The summed E-state index contributed by atoms with van der Waals surface area (Å²) in [5.74, 6) is -2.34. The lowest BCUT2D eigenvalue weighted by molar-refractivity contribution is -0.388. The van der Waals surface area contributed by atoms with Crippen LogP contribution in [0.2, 0.25) is 0 Å². The predicted molar refractivity (Wildman–Crippen MR) is 67.2 cm³/mol. The minimum Gasteiger partial charge on any atom is -0.447 e. The lowest BCUT2D eigenvalue weighted by Crippen LogP contribution is -1.97. The van der Waals surface area contributed by atoms with E-state index in [2.05, 4.69) is 15.9 Å². The quantitative estimate of drug-likeness (QED) is 0.618. The highest BCUT2D eigenvalue weighted by Crippen LogP contribution is 2.35. The largest absolute Gasteiger partial charge is 0.447 e. The van der Waals surface area contributed by atoms with Gasteiger partial charge in [0.25, 0.3) is 0 Å². The van der Waals surface area contributed by atoms with Gasteiger partial charge in [-0.05, 0) is 30.3 Å². The molecule has 0 bridgehead atoms. The Morgan fingerprint density at radius 1 is 1.11 bits per heavy atom. The van der Waals surface area contributed by atoms with Crippen molar-refractivity contribution >= 4 is 21.6 Å². The van der Waals surface area contributed by atoms with E-state index >= 15 is 0 Å². The number of hydrogen-bond donors (Lipinski definition) is 0. The summed E-state index contributed by atoms with van der Waals surface area (Å²) in [6, 6.07) is 7.24. The summed E-state index contributed by atoms with van der Waals surface area (Å²) in [5, 5.41) is 10.8. The number of para-hydroxylation sites is 1. The van der Waals surface area contributed by atoms with Crippen LogP contribution in [0.15, 0.2) is 40.9 Å². The first-order valence-electron chi connectivity index (χ1n) is 5.05. The van der Waals surface area contributed by atoms with Crippen molar-refractivity contribution < 1.29 is 18.4 Å². The Morgan fingerprint density at radius 3 is 2.53 bits per heavy atom. The minimum atomic E-state index is -1.04. The number of benzene rings is 2. The fourth-order valence-corrected chi connectivity index (χ4v) is 1.77. The van der Waals surface area contributed by atoms with Crippen LogP contribution < -0.4 is 4.74 Å². The molecule has 0 N–H and O–H groups in total. The topological polar surface area (TPSA) is 52.4 Å². The van der Waals surface area contributed by atoms with Gasteiger partial charge >= 0.3 is 5.69 Å². The normalized spacial score (nSPS) is 10.3. The molecule has 4 nitrogen and oxygen atoms in total. The highest BCUT2D eigenvalue weighted by molar-refractivity contribution is 9.10. The van der Waals surface area contributed by atoms with E-state index in [1.54, 1.807) is 0 Å². The first-order valence-corrected chi connectivity index (χ1v) is 5.84. The molecule has 0 aliphatic rings. The van der Waals surface area contributed by atoms with Crippen molar-refractivity contribution in [2.75, 3.05) is 0 Å². The van der Waals surface area contributed by atoms with Gasteiger partial charge in [-0.25, -0.2) is 4.39 Å². The SMILES string of the molecule is O=[N+]([O-])c1c(F)cccc1Oc1cc(Br)ccc1F. The number of nitrogens with zero attached hydrogens (tertiary/aromatic N) is 1. The van der Waals surface area contributed by atoms with E-state index in [4.69, 9.17) is 4.74 Å². The van der Waals surface area contributed by atoms with Gasteiger partial charge in [-0.1, -0.05) is 22.0 Å². The second-order valence-electron chi connectivity index (χ2n) is 3.52. The van der Waals surface area contributed by atoms with Crippen molar-refractivity contribution in [3.63, 3.8) is 0 Å². The fraction of sp³-hybridized carbons (Fsp3) is 0. The van der Waals surface area contributed by atoms with Crippen LogP contribution in [0.25, 0.3) is 0 Å². The van der Waals surface area contributed by atoms with Gasteiger partial charge in [0, 0.05) is 4.47 Å². The Labute approximate surface area is 114 Å². The number of rotatable bonds is 3. The van der Waals surface area contributed by atoms with Crippen LogP contribution in [-0.2, 0) is 0 Å². The van der Waals surface area contributed by atoms with Crippen LogP contribution in [0.4, 0.5) is 14.5 Å². The van der Waals surface area contributed by atoms with Crippen LogP contribution in [0.5, 0.6) is 11.5 Å². The summed E-state index contributed by atoms with van der Waals surface area (Å²) in [5.41, 5.74) is -0.832. The van der Waals surface area contributed by atoms with E-state index < -0.39 is 22.2 Å². The zero-order valence-electron chi connectivity index (χ0n) is 9.27. The first-order chi connectivity index (χ1) is 8.99. The van der Waals surface area contributed by atoms with Crippen LogP contribution in [-0.4, -0.2) is 4.92 Å². The summed E-state index contributed by atoms with van der Waals surface area (Å²) in [6.07, 6.45) is 0. The summed E-state index contributed by atoms with van der Waals surface area (Å²) < 4.78 is 32.4. The molecule has 19 heavy (non-hydrogen) atoms. The maximum absolute atomic E-state index is 13.5. The van der Waals surface area contributed by atoms with Crippen LogP contribution in [0.3, 0.4) is 0 Å². The fourth-order valence-electron chi connectivity index (χ4n) is 1.43. The van der Waals surface area contributed by atoms with E-state index in [1.807, 2.05) is 0 Å². The van der Waals surface area contributed by atoms with Gasteiger partial charge in [-0.3, -0.25) is 10.1 Å². The lowest BCUT2D eigenvalue weighted by atomic mass is 10.2. The number of hydrogen-bond acceptors (Lipinski definition) is 3. The average molecular weight is 330 g/mol. The predicted octanol–water partition coefficient (Wildman–Crippen LogP) is 4.43. The smallest absolute Gasteiger partial charge is 0.346 e. The van der Waals surface area contributed by atoms with Gasteiger partial charge in [0.05, 0.1) is 4.92 Å². The molecule has 0 amide bonds. The van der Waals surface area contributed by atoms with E-state index in [-0.39, 0.29) is 11.5 Å². The molecule has 0 aliphatic heterocycles. The molecule has 2 aromatic rings. The molecular formula is C12H6BrF2NO3. The van der Waals surface area contributed by atoms with E-state index in [9.17, 15) is 18.9 Å². The summed E-state index contributed by atoms with van der Waals surface area (Å²) in [4.78, 5) is 9.85. The van der Waals surface area contributed by atoms with E-state index in [1.165, 1.54) is 24.3 Å². The van der Waals surface area contributed by atoms with E-state index in [0.29, 0.717) is 4.47 Å². The third-order valence-electron chi connectivity index (χ3n) is 2.25. The van der Waals surface area contributed by atoms with Crippen molar-refractivity contribution in [2.45, 2.75) is 0 Å². The number of nitro groups is 1. The highest BCUT2D eigenvalue weighted by atomic mass is 79.9. The molecule has 0 aliphatic carbocycles. The zero-order valence-corrected chi connectivity index (χ0v) is 10.9. The van der Waals surface area contributed by atoms with Crippen molar-refractivity contribution in [3.8, 4) is 11.5 Å². The minimum absolute atomic E-state index is 0.233. The van der Waals surface area contributed by atoms with Gasteiger partial charge in [-0.2, -0.15) is 4.39 Å². The Morgan fingerprint density at radius 2 is 1.84 bits per heavy atom. The number of halogens is 3. The van der Waals surface area contributed by atoms with Crippen molar-refractivity contribution in [1.29, 1.82) is 0 Å². The second kappa shape index (κ2) is 5.31. The summed E-state index contributed by atoms with van der Waals surface area (Å²) in [6.45, 7) is 0. The van der Waals surface area contributed by atoms with E-state index in [0.717, 1.165) is 12.1 Å². The first kappa shape index (κ1) is 13.4. The molecule has 0 saturated heterocycles. The second-order valence-corrected chi connectivity index (χ2v) is 4.44. The Hall–Kier alpha value is -2.02. The number of ether oxygens (including phenoxy) is 1. The molecule has 0 aromatic heterocycles. The lowest BCUT2D eigenvalue weighted by Gasteiger charge is -2.07. The Bertz CT molecular complexity index is 649. The molecule has 98 valence electrons. The van der Waals surface area contributed by atoms with Gasteiger partial charge in [0.1, 0.15) is 0 Å². The van der Waals surface area contributed by atoms with Gasteiger partial charge in [-0.15, -0.1) is 0 Å². The zero-order chi connectivity index (χ0) is 14.0. The maximum atomic E-state index is 13.5. The highest BCUT2D eigenvalue weighted by Gasteiger charge is 2.22. The monoisotopic (exact) mass is 329 g/mol. The third-order valence-corrected chi connectivity index (χ3v) is 2.74. The Balaban J connectivity index is 2.46. The number of nitro benzene ring substituents is 1. The molecule has 0 fully saturated rings. The van der Waals surface area contributed by atoms with Crippen molar-refractivity contribution in [3.05, 3.63) is 62.6 Å². The molecule has 0 spiro atoms. The molecule has 0 radical (unpaired) electrons. The van der Waals surface area contributed by atoms with Gasteiger partial charge < -0.3 is 4.74 Å². The van der Waals surface area contributed by atoms with Crippen molar-refractivity contribution in [1.82, 2.24) is 0 Å². The van der Waals surface area contributed by atoms with Crippen LogP contribution in [0.1, 0.15) is 0 Å². The molecule has 0 atom stereocenters. The Kier molecular flexibility index (Phi) is 3.75. The summed E-state index contributed by atoms with van der Waals surface area (Å²) in [7, 11) is 0. The molecule has 0 saturated carbocycles. The summed E-state index contributed by atoms with van der Waals surface area (Å²) >= 11 is 3.12. The third kappa shape index (κ3) is 2.87. The van der Waals surface area contributed by atoms with Gasteiger partial charge in [0.2, 0.25) is 11.6 Å². The molecule has 2 aromatic carbocycles. The molecule has 0 unspecified atom stereocenters. The van der Waals surface area contributed by atoms with Crippen molar-refractivity contribution in [2.24, 2.45) is 0 Å². The van der Waals surface area contributed by atoms with Crippen LogP contribution >= 0.6 is 15.9 Å². The van der Waals surface area contributed by atoms with Gasteiger partial charge in [0.15, 0.2) is 11.6 Å². The average Bonchev–Trinajstić information content (AvgIpc) is 2.33.